The maximum absolute atomic E-state index is 12.0. The highest BCUT2D eigenvalue weighted by atomic mass is 32.3. The average Bonchev–Trinajstić information content (AvgIpc) is 1.93. The van der Waals surface area contributed by atoms with Gasteiger partial charge in [-0.3, -0.25) is 0 Å². The molecule has 0 rings (SSSR count). The normalized spacial score (nSPS) is 15.9. The molecule has 0 amide bonds. The van der Waals surface area contributed by atoms with Crippen molar-refractivity contribution in [2.75, 3.05) is 0 Å². The number of hydrogen-bond donors (Lipinski definition) is 0. The van der Waals surface area contributed by atoms with Gasteiger partial charge in [-0.2, -0.15) is 39.5 Å². The topological polar surface area (TPSA) is 68.3 Å². The monoisotopic (exact) mass is 348 g/mol. The molecule has 0 aromatic rings. The van der Waals surface area contributed by atoms with Gasteiger partial charge in [-0.15, -0.1) is 0 Å². The van der Waals surface area contributed by atoms with E-state index in [2.05, 4.69) is 0 Å². The molecule has 4 nitrogen and oxygen atoms in total. The fourth-order valence-electron chi connectivity index (χ4n) is 0.761. The second-order valence-corrected chi connectivity index (χ2v) is 7.20. The van der Waals surface area contributed by atoms with Crippen LogP contribution in [0.3, 0.4) is 0 Å². The molecule has 0 aromatic heterocycles. The van der Waals surface area contributed by atoms with Gasteiger partial charge in [-0.25, -0.2) is 16.8 Å². The summed E-state index contributed by atoms with van der Waals surface area (Å²) < 4.78 is 143. The quantitative estimate of drug-likeness (QED) is 0.713. The third-order valence-corrected chi connectivity index (χ3v) is 5.95. The van der Waals surface area contributed by atoms with Gasteiger partial charge < -0.3 is 0 Å². The Bertz CT molecular complexity index is 488. The first-order valence-corrected chi connectivity index (χ1v) is 6.63. The second kappa shape index (κ2) is 4.39. The van der Waals surface area contributed by atoms with Crippen LogP contribution in [0.4, 0.5) is 39.5 Å². The van der Waals surface area contributed by atoms with Gasteiger partial charge in [0.15, 0.2) is 0 Å². The Morgan fingerprint density at radius 1 is 0.579 bits per heavy atom. The lowest BCUT2D eigenvalue weighted by Crippen LogP contribution is -2.52. The third kappa shape index (κ3) is 3.24. The van der Waals surface area contributed by atoms with Gasteiger partial charge in [0, 0.05) is 0 Å². The minimum absolute atomic E-state index is 5.66. The first-order valence-electron chi connectivity index (χ1n) is 3.54. The highest BCUT2D eigenvalue weighted by Gasteiger charge is 2.72. The molecular formula is C4HF9O4S2. The molecule has 0 saturated heterocycles. The van der Waals surface area contributed by atoms with Crippen molar-refractivity contribution >= 4 is 19.7 Å². The number of hydrogen-bond acceptors (Lipinski definition) is 4. The molecular weight excluding hydrogens is 347 g/mol. The Hall–Kier alpha value is -0.730. The van der Waals surface area contributed by atoms with Crippen LogP contribution in [0.2, 0.25) is 0 Å². The molecule has 0 N–H and O–H groups in total. The summed E-state index contributed by atoms with van der Waals surface area (Å²) in [4.78, 5) is 0. The van der Waals surface area contributed by atoms with Crippen LogP contribution in [0, 0.1) is 0 Å². The van der Waals surface area contributed by atoms with Gasteiger partial charge in [0.2, 0.25) is 0 Å². The Morgan fingerprint density at radius 3 is 0.895 bits per heavy atom. The van der Waals surface area contributed by atoms with Crippen LogP contribution in [0.25, 0.3) is 0 Å². The second-order valence-electron chi connectivity index (χ2n) is 2.86. The van der Waals surface area contributed by atoms with Crippen LogP contribution in [-0.4, -0.2) is 38.6 Å². The molecule has 0 heterocycles. The lowest BCUT2D eigenvalue weighted by molar-refractivity contribution is -0.124. The van der Waals surface area contributed by atoms with Crippen molar-refractivity contribution < 1.29 is 56.3 Å². The summed E-state index contributed by atoms with van der Waals surface area (Å²) in [6.45, 7) is 0. The van der Waals surface area contributed by atoms with Crippen molar-refractivity contribution in [1.29, 1.82) is 0 Å². The molecule has 116 valence electrons. The summed E-state index contributed by atoms with van der Waals surface area (Å²) in [5.41, 5.74) is -13.7. The zero-order chi connectivity index (χ0) is 16.1. The van der Waals surface area contributed by atoms with E-state index in [0.717, 1.165) is 0 Å². The maximum Gasteiger partial charge on any atom is 0.499 e. The summed E-state index contributed by atoms with van der Waals surface area (Å²) in [6.07, 6.45) is -6.82. The molecule has 0 atom stereocenters. The van der Waals surface area contributed by atoms with E-state index in [9.17, 15) is 56.3 Å². The van der Waals surface area contributed by atoms with Crippen LogP contribution in [-0.2, 0) is 19.7 Å². The summed E-state index contributed by atoms with van der Waals surface area (Å²) in [6, 6.07) is 0. The lowest BCUT2D eigenvalue weighted by atomic mass is 10.8. The van der Waals surface area contributed by atoms with E-state index >= 15 is 0 Å². The molecule has 15 heteroatoms. The van der Waals surface area contributed by atoms with E-state index in [-0.39, 0.29) is 0 Å². The smallest absolute Gasteiger partial charge is 0.218 e. The summed E-state index contributed by atoms with van der Waals surface area (Å²) in [5, 5.41) is 0. The van der Waals surface area contributed by atoms with Crippen LogP contribution in [0.1, 0.15) is 0 Å². The predicted octanol–water partition coefficient (Wildman–Crippen LogP) is 1.74. The molecule has 0 aliphatic carbocycles. The van der Waals surface area contributed by atoms with E-state index in [4.69, 9.17) is 0 Å². The summed E-state index contributed by atoms with van der Waals surface area (Å²) in [7, 11) is -15.3. The van der Waals surface area contributed by atoms with Crippen LogP contribution < -0.4 is 0 Å². The summed E-state index contributed by atoms with van der Waals surface area (Å²) >= 11 is 0. The van der Waals surface area contributed by atoms with Gasteiger partial charge in [-0.1, -0.05) is 0 Å². The van der Waals surface area contributed by atoms with Crippen LogP contribution in [0.5, 0.6) is 0 Å². The largest absolute Gasteiger partial charge is 0.499 e. The minimum atomic E-state index is -7.67. The van der Waals surface area contributed by atoms with Crippen molar-refractivity contribution in [3.05, 3.63) is 0 Å². The number of rotatable bonds is 2. The van der Waals surface area contributed by atoms with Crippen molar-refractivity contribution in [3.63, 3.8) is 0 Å². The Labute approximate surface area is 98.6 Å². The molecule has 0 bridgehead atoms. The van der Waals surface area contributed by atoms with Crippen molar-refractivity contribution in [3.8, 4) is 0 Å². The SMILES string of the molecule is O=S(=O)(C(C(F)(F)F)S(=O)(=O)C(F)(F)F)C(F)(F)F. The Kier molecular flexibility index (Phi) is 4.22. The molecule has 0 unspecified atom stereocenters. The standard InChI is InChI=1S/C4HF9O4S2/c5-2(6,7)1(18(14,15)3(8,9)10)19(16,17)4(11,12)13/h1H. The van der Waals surface area contributed by atoms with E-state index in [1.807, 2.05) is 0 Å². The zero-order valence-electron chi connectivity index (χ0n) is 7.93. The van der Waals surface area contributed by atoms with Gasteiger partial charge >= 0.3 is 17.2 Å². The van der Waals surface area contributed by atoms with Gasteiger partial charge in [-0.05, 0) is 0 Å². The molecule has 0 aliphatic rings. The highest BCUT2D eigenvalue weighted by Crippen LogP contribution is 2.43. The number of sulfone groups is 2. The number of alkyl halides is 9. The fraction of sp³-hybridized carbons (Fsp3) is 1.00. The predicted molar refractivity (Wildman–Crippen MR) is 39.8 cm³/mol. The molecule has 0 aromatic carbocycles. The lowest BCUT2D eigenvalue weighted by Gasteiger charge is -2.22. The van der Waals surface area contributed by atoms with E-state index < -0.39 is 41.4 Å². The van der Waals surface area contributed by atoms with Crippen LogP contribution in [0.15, 0.2) is 0 Å². The Balaban J connectivity index is 6.41. The van der Waals surface area contributed by atoms with E-state index in [1.165, 1.54) is 0 Å². The molecule has 19 heavy (non-hydrogen) atoms. The van der Waals surface area contributed by atoms with Crippen molar-refractivity contribution in [2.45, 2.75) is 21.8 Å². The molecule has 0 spiro atoms. The first-order chi connectivity index (χ1) is 7.87. The van der Waals surface area contributed by atoms with Crippen molar-refractivity contribution in [2.24, 2.45) is 0 Å². The average molecular weight is 348 g/mol. The van der Waals surface area contributed by atoms with Crippen molar-refractivity contribution in [1.82, 2.24) is 0 Å². The molecule has 0 aliphatic heterocycles. The van der Waals surface area contributed by atoms with E-state index in [0.29, 0.717) is 0 Å². The molecule has 0 radical (unpaired) electrons. The number of halogens is 9. The highest BCUT2D eigenvalue weighted by molar-refractivity contribution is 8.10. The first kappa shape index (κ1) is 18.3. The van der Waals surface area contributed by atoms with Gasteiger partial charge in [0.25, 0.3) is 24.3 Å². The fourth-order valence-corrected chi connectivity index (χ4v) is 3.94. The zero-order valence-corrected chi connectivity index (χ0v) is 9.56. The Morgan fingerprint density at radius 2 is 0.789 bits per heavy atom. The summed E-state index contributed by atoms with van der Waals surface area (Å²) in [5.74, 6) is 0. The van der Waals surface area contributed by atoms with Crippen LogP contribution >= 0.6 is 0 Å². The van der Waals surface area contributed by atoms with E-state index in [1.54, 1.807) is 0 Å². The molecule has 0 fully saturated rings. The maximum atomic E-state index is 12.0. The third-order valence-electron chi connectivity index (χ3n) is 1.48. The van der Waals surface area contributed by atoms with Gasteiger partial charge in [0.1, 0.15) is 0 Å². The van der Waals surface area contributed by atoms with Gasteiger partial charge in [0.05, 0.1) is 0 Å². The molecule has 0 saturated carbocycles. The minimum Gasteiger partial charge on any atom is -0.218 e.